The maximum absolute atomic E-state index is 2.41. The maximum Gasteiger partial charge on any atom is -0.0564 e. The molecule has 1 atom stereocenters. The van der Waals surface area contributed by atoms with E-state index in [0.717, 1.165) is 5.54 Å². The van der Waals surface area contributed by atoms with Crippen molar-refractivity contribution >= 4 is 14.0 Å². The highest BCUT2D eigenvalue weighted by molar-refractivity contribution is 6.77. The molecule has 17 heavy (non-hydrogen) atoms. The second-order valence-electron chi connectivity index (χ2n) is 5.68. The van der Waals surface area contributed by atoms with Gasteiger partial charge < -0.3 is 0 Å². The monoisotopic (exact) mass is 241 g/mol. The van der Waals surface area contributed by atoms with Gasteiger partial charge in [0.05, 0.1) is 0 Å². The van der Waals surface area contributed by atoms with Crippen molar-refractivity contribution in [2.75, 3.05) is 0 Å². The van der Waals surface area contributed by atoms with E-state index >= 15 is 0 Å². The van der Waals surface area contributed by atoms with Crippen molar-refractivity contribution in [3.8, 4) is 0 Å². The Morgan fingerprint density at radius 1 is 1.06 bits per heavy atom. The summed E-state index contributed by atoms with van der Waals surface area (Å²) in [5.74, 6) is 0. The van der Waals surface area contributed by atoms with Crippen LogP contribution in [-0.2, 0) is 0 Å². The van der Waals surface area contributed by atoms with Gasteiger partial charge in [-0.25, -0.2) is 0 Å². The predicted octanol–water partition coefficient (Wildman–Crippen LogP) is 4.07. The second-order valence-corrected chi connectivity index (χ2v) is 9.33. The molecule has 1 aromatic carbocycles. The number of rotatable bonds is 2. The van der Waals surface area contributed by atoms with Crippen molar-refractivity contribution in [2.45, 2.75) is 37.8 Å². The summed E-state index contributed by atoms with van der Waals surface area (Å²) in [5, 5.41) is 1.96. The molecule has 0 heterocycles. The molecule has 0 aromatic heterocycles. The van der Waals surface area contributed by atoms with Gasteiger partial charge in [0, 0.05) is 0 Å². The van der Waals surface area contributed by atoms with E-state index in [0.29, 0.717) is 5.04 Å². The number of hydrogen-bond acceptors (Lipinski definition) is 0. The van der Waals surface area contributed by atoms with Gasteiger partial charge in [0.1, 0.15) is 0 Å². The first-order valence-electron chi connectivity index (χ1n) is 6.35. The Labute approximate surface area is 107 Å². The summed E-state index contributed by atoms with van der Waals surface area (Å²) >= 11 is 0. The quantitative estimate of drug-likeness (QED) is 0.685. The van der Waals surface area contributed by atoms with Gasteiger partial charge >= 0.3 is 0 Å². The van der Waals surface area contributed by atoms with E-state index in [2.05, 4.69) is 75.4 Å². The minimum atomic E-state index is -0.576. The highest BCUT2D eigenvalue weighted by Gasteiger charge is 2.18. The predicted molar refractivity (Wildman–Crippen MR) is 78.2 cm³/mol. The zero-order valence-corrected chi connectivity index (χ0v) is 12.0. The standard InChI is InChI=1S/C16H21Si/c1-16(2,3)17(14-10-6-4-7-11-14)15-12-8-5-9-13-15/h4-12,15H,13H2,1-3H3/q-1. The van der Waals surface area contributed by atoms with Gasteiger partial charge in [0.2, 0.25) is 0 Å². The van der Waals surface area contributed by atoms with E-state index < -0.39 is 8.80 Å². The Balaban J connectivity index is 2.33. The molecule has 2 rings (SSSR count). The smallest absolute Gasteiger partial charge is 0.0564 e. The molecule has 1 aromatic rings. The van der Waals surface area contributed by atoms with E-state index in [-0.39, 0.29) is 0 Å². The molecule has 0 amide bonds. The van der Waals surface area contributed by atoms with Gasteiger partial charge in [-0.15, -0.1) is 11.6 Å². The van der Waals surface area contributed by atoms with Crippen molar-refractivity contribution in [1.82, 2.24) is 0 Å². The summed E-state index contributed by atoms with van der Waals surface area (Å²) < 4.78 is 0. The summed E-state index contributed by atoms with van der Waals surface area (Å²) in [6.45, 7) is 7.17. The van der Waals surface area contributed by atoms with Crippen LogP contribution in [0.15, 0.2) is 54.6 Å². The Morgan fingerprint density at radius 3 is 2.29 bits per heavy atom. The molecular formula is C16H21Si-. The number of allylic oxidation sites excluding steroid dienone is 4. The first-order chi connectivity index (χ1) is 8.09. The van der Waals surface area contributed by atoms with Crippen LogP contribution in [0.5, 0.6) is 0 Å². The number of hydrogen-bond donors (Lipinski definition) is 0. The Hall–Kier alpha value is -1.08. The largest absolute Gasteiger partial charge is 0.270 e. The zero-order chi connectivity index (χ0) is 12.3. The molecule has 0 aliphatic heterocycles. The molecule has 90 valence electrons. The Kier molecular flexibility index (Phi) is 3.68. The van der Waals surface area contributed by atoms with Crippen LogP contribution in [0.2, 0.25) is 10.6 Å². The van der Waals surface area contributed by atoms with Crippen molar-refractivity contribution in [3.05, 3.63) is 54.6 Å². The molecule has 1 heteroatoms. The lowest BCUT2D eigenvalue weighted by molar-refractivity contribution is 0.723. The molecule has 1 unspecified atom stereocenters. The minimum Gasteiger partial charge on any atom is -0.270 e. The lowest BCUT2D eigenvalue weighted by Crippen LogP contribution is -2.42. The lowest BCUT2D eigenvalue weighted by atomic mass is 10.2. The average molecular weight is 241 g/mol. The van der Waals surface area contributed by atoms with E-state index in [1.165, 1.54) is 6.42 Å². The third-order valence-electron chi connectivity index (χ3n) is 3.24. The highest BCUT2D eigenvalue weighted by atomic mass is 28.3. The van der Waals surface area contributed by atoms with Crippen molar-refractivity contribution < 1.29 is 0 Å². The van der Waals surface area contributed by atoms with Crippen LogP contribution in [0.4, 0.5) is 0 Å². The van der Waals surface area contributed by atoms with E-state index in [4.69, 9.17) is 0 Å². The van der Waals surface area contributed by atoms with Crippen LogP contribution < -0.4 is 5.19 Å². The fraction of sp³-hybridized carbons (Fsp3) is 0.375. The zero-order valence-electron chi connectivity index (χ0n) is 11.0. The third-order valence-corrected chi connectivity index (χ3v) is 6.99. The van der Waals surface area contributed by atoms with Crippen molar-refractivity contribution in [1.29, 1.82) is 0 Å². The molecule has 0 N–H and O–H groups in total. The third kappa shape index (κ3) is 2.98. The first-order valence-corrected chi connectivity index (χ1v) is 7.93. The Bertz CT molecular complexity index is 409. The van der Waals surface area contributed by atoms with Crippen LogP contribution in [0, 0.1) is 0 Å². The highest BCUT2D eigenvalue weighted by Crippen LogP contribution is 2.37. The summed E-state index contributed by atoms with van der Waals surface area (Å²) in [6, 6.07) is 11.1. The lowest BCUT2D eigenvalue weighted by Gasteiger charge is -2.50. The van der Waals surface area contributed by atoms with Crippen LogP contribution in [-0.4, -0.2) is 8.80 Å². The van der Waals surface area contributed by atoms with Gasteiger partial charge in [-0.05, 0) is 0 Å². The molecule has 0 nitrogen and oxygen atoms in total. The fourth-order valence-corrected chi connectivity index (χ4v) is 6.25. The normalized spacial score (nSPS) is 19.4. The molecule has 0 saturated carbocycles. The van der Waals surface area contributed by atoms with Crippen molar-refractivity contribution in [3.63, 3.8) is 0 Å². The summed E-state index contributed by atoms with van der Waals surface area (Å²) in [5.41, 5.74) is 0.729. The van der Waals surface area contributed by atoms with Crippen LogP contribution in [0.1, 0.15) is 27.2 Å². The topological polar surface area (TPSA) is 0 Å². The van der Waals surface area contributed by atoms with Gasteiger partial charge in [-0.1, -0.05) is 75.8 Å². The summed E-state index contributed by atoms with van der Waals surface area (Å²) in [6.07, 6.45) is 10.3. The molecule has 1 aliphatic rings. The number of benzene rings is 1. The molecular weight excluding hydrogens is 220 g/mol. The van der Waals surface area contributed by atoms with Gasteiger partial charge in [0.15, 0.2) is 0 Å². The van der Waals surface area contributed by atoms with Crippen LogP contribution in [0.3, 0.4) is 0 Å². The second kappa shape index (κ2) is 5.05. The van der Waals surface area contributed by atoms with Crippen molar-refractivity contribution in [2.24, 2.45) is 0 Å². The van der Waals surface area contributed by atoms with E-state index in [1.807, 2.05) is 0 Å². The van der Waals surface area contributed by atoms with Crippen LogP contribution >= 0.6 is 0 Å². The van der Waals surface area contributed by atoms with Gasteiger partial charge in [-0.2, -0.15) is 10.2 Å². The average Bonchev–Trinajstić information content (AvgIpc) is 2.30. The van der Waals surface area contributed by atoms with Crippen LogP contribution in [0.25, 0.3) is 0 Å². The van der Waals surface area contributed by atoms with Gasteiger partial charge in [-0.3, -0.25) is 8.80 Å². The van der Waals surface area contributed by atoms with E-state index in [9.17, 15) is 0 Å². The molecule has 0 fully saturated rings. The Morgan fingerprint density at radius 2 is 1.76 bits per heavy atom. The maximum atomic E-state index is 2.41. The summed E-state index contributed by atoms with van der Waals surface area (Å²) in [4.78, 5) is 0. The summed E-state index contributed by atoms with van der Waals surface area (Å²) in [7, 11) is -0.576. The fourth-order valence-electron chi connectivity index (χ4n) is 2.62. The molecule has 0 saturated heterocycles. The van der Waals surface area contributed by atoms with E-state index in [1.54, 1.807) is 5.19 Å². The van der Waals surface area contributed by atoms with Gasteiger partial charge in [0.25, 0.3) is 0 Å². The molecule has 0 radical (unpaired) electrons. The molecule has 0 spiro atoms. The molecule has 0 bridgehead atoms. The molecule has 1 aliphatic carbocycles. The minimum absolute atomic E-state index is 0.395. The SMILES string of the molecule is CC(C)(C)[Si-](c1ccccc1)C1C=CC=CC1. The first kappa shape index (κ1) is 12.4.